The van der Waals surface area contributed by atoms with Crippen LogP contribution in [-0.2, 0) is 11.3 Å². The van der Waals surface area contributed by atoms with Crippen LogP contribution in [-0.4, -0.2) is 43.0 Å². The molecule has 0 saturated heterocycles. The number of carboxylic acids is 1. The maximum Gasteiger partial charge on any atom is 0.303 e. The summed E-state index contributed by atoms with van der Waals surface area (Å²) < 4.78 is 35.3. The lowest BCUT2D eigenvalue weighted by Crippen LogP contribution is -2.19. The third kappa shape index (κ3) is 4.82. The van der Waals surface area contributed by atoms with Gasteiger partial charge in [-0.25, -0.2) is 18.7 Å². The molecule has 0 saturated carbocycles. The van der Waals surface area contributed by atoms with Crippen LogP contribution in [0.2, 0.25) is 0 Å². The number of carbonyl (C=O) groups is 1. The van der Waals surface area contributed by atoms with E-state index in [4.69, 9.17) is 9.63 Å². The zero-order chi connectivity index (χ0) is 24.2. The highest BCUT2D eigenvalue weighted by Gasteiger charge is 2.20. The summed E-state index contributed by atoms with van der Waals surface area (Å²) in [6.07, 6.45) is 2.38. The first-order valence-electron chi connectivity index (χ1n) is 10.2. The number of nitrogens with zero attached hydrogens (tertiary/aromatic N) is 6. The molecule has 1 aromatic carbocycles. The molecule has 4 aromatic rings. The van der Waals surface area contributed by atoms with E-state index in [9.17, 15) is 13.6 Å². The minimum Gasteiger partial charge on any atom is -0.481 e. The summed E-state index contributed by atoms with van der Waals surface area (Å²) in [6, 6.07) is 9.61. The fourth-order valence-electron chi connectivity index (χ4n) is 3.27. The molecule has 0 aliphatic heterocycles. The average molecular weight is 466 g/mol. The van der Waals surface area contributed by atoms with Gasteiger partial charge in [0.15, 0.2) is 17.5 Å². The van der Waals surface area contributed by atoms with E-state index < -0.39 is 11.8 Å². The van der Waals surface area contributed by atoms with Crippen LogP contribution in [0.25, 0.3) is 22.9 Å². The van der Waals surface area contributed by atoms with E-state index in [0.29, 0.717) is 28.3 Å². The minimum atomic E-state index is -0.987. The molecular weight excluding hydrogens is 446 g/mol. The van der Waals surface area contributed by atoms with Crippen LogP contribution in [0.5, 0.6) is 0 Å². The van der Waals surface area contributed by atoms with Crippen molar-refractivity contribution in [2.24, 2.45) is 0 Å². The second kappa shape index (κ2) is 9.61. The predicted octanol–water partition coefficient (Wildman–Crippen LogP) is 4.14. The van der Waals surface area contributed by atoms with E-state index in [0.717, 1.165) is 6.20 Å². The molecule has 0 aliphatic rings. The Morgan fingerprint density at radius 2 is 1.97 bits per heavy atom. The quantitative estimate of drug-likeness (QED) is 0.392. The van der Waals surface area contributed by atoms with Crippen molar-refractivity contribution in [3.05, 3.63) is 78.3 Å². The molecule has 4 rings (SSSR count). The van der Waals surface area contributed by atoms with E-state index in [1.165, 1.54) is 29.0 Å². The average Bonchev–Trinajstić information content (AvgIpc) is 3.49. The number of rotatable bonds is 9. The fourth-order valence-corrected chi connectivity index (χ4v) is 3.27. The Balaban J connectivity index is 1.70. The molecule has 0 bridgehead atoms. The van der Waals surface area contributed by atoms with Gasteiger partial charge in [0.25, 0.3) is 0 Å². The summed E-state index contributed by atoms with van der Waals surface area (Å²) in [5.74, 6) is -2.03. The minimum absolute atomic E-state index is 0.0768. The van der Waals surface area contributed by atoms with E-state index in [1.54, 1.807) is 30.3 Å². The predicted molar refractivity (Wildman–Crippen MR) is 119 cm³/mol. The van der Waals surface area contributed by atoms with Gasteiger partial charge in [0.1, 0.15) is 23.5 Å². The highest BCUT2D eigenvalue weighted by atomic mass is 19.1. The van der Waals surface area contributed by atoms with Crippen LogP contribution >= 0.6 is 0 Å². The van der Waals surface area contributed by atoms with Gasteiger partial charge in [-0.3, -0.25) is 9.48 Å². The summed E-state index contributed by atoms with van der Waals surface area (Å²) in [5.41, 5.74) is 2.09. The van der Waals surface area contributed by atoms with Crippen LogP contribution in [0.4, 0.5) is 14.6 Å². The number of hydrogen-bond donors (Lipinski definition) is 1. The maximum absolute atomic E-state index is 14.5. The van der Waals surface area contributed by atoms with Crippen molar-refractivity contribution < 1.29 is 23.2 Å². The van der Waals surface area contributed by atoms with Crippen molar-refractivity contribution in [1.82, 2.24) is 24.9 Å². The number of aliphatic carboxylic acids is 1. The Morgan fingerprint density at radius 1 is 1.18 bits per heavy atom. The number of benzene rings is 1. The number of allylic oxidation sites excluding steroid dienone is 1. The second-order valence-electron chi connectivity index (χ2n) is 7.43. The summed E-state index contributed by atoms with van der Waals surface area (Å²) in [5, 5.41) is 17.3. The number of halogens is 2. The largest absolute Gasteiger partial charge is 0.481 e. The molecule has 3 heterocycles. The summed E-state index contributed by atoms with van der Waals surface area (Å²) >= 11 is 0. The molecule has 0 spiro atoms. The van der Waals surface area contributed by atoms with E-state index >= 15 is 0 Å². The van der Waals surface area contributed by atoms with Crippen LogP contribution in [0.15, 0.2) is 65.7 Å². The Labute approximate surface area is 193 Å². The molecule has 0 amide bonds. The van der Waals surface area contributed by atoms with Crippen molar-refractivity contribution in [2.75, 3.05) is 11.9 Å². The number of hydrogen-bond acceptors (Lipinski definition) is 7. The molecule has 3 aromatic heterocycles. The van der Waals surface area contributed by atoms with Crippen LogP contribution in [0.1, 0.15) is 18.4 Å². The molecule has 34 heavy (non-hydrogen) atoms. The van der Waals surface area contributed by atoms with Gasteiger partial charge < -0.3 is 14.5 Å². The standard InChI is InChI=1S/C23H20F2N6O3/c1-14(7-8-21(32)33)30(2)23-17(25)12-26-22(27-23)19-11-20(18-9-10-34-29-18)31(28-19)13-15-5-3-4-6-16(15)24/h3-6,9-12H,1,7-8,13H2,2H3,(H,32,33). The monoisotopic (exact) mass is 466 g/mol. The Morgan fingerprint density at radius 3 is 2.68 bits per heavy atom. The van der Waals surface area contributed by atoms with Gasteiger partial charge in [-0.05, 0) is 18.6 Å². The van der Waals surface area contributed by atoms with Crippen molar-refractivity contribution >= 4 is 11.8 Å². The van der Waals surface area contributed by atoms with Gasteiger partial charge in [0.05, 0.1) is 24.9 Å². The molecule has 1 N–H and O–H groups in total. The number of aromatic nitrogens is 5. The van der Waals surface area contributed by atoms with Gasteiger partial charge in [0, 0.05) is 24.4 Å². The van der Waals surface area contributed by atoms with Crippen LogP contribution < -0.4 is 4.90 Å². The first-order chi connectivity index (χ1) is 16.3. The van der Waals surface area contributed by atoms with Gasteiger partial charge >= 0.3 is 5.97 Å². The van der Waals surface area contributed by atoms with Crippen LogP contribution in [0, 0.1) is 11.6 Å². The van der Waals surface area contributed by atoms with Gasteiger partial charge in [0.2, 0.25) is 0 Å². The number of anilines is 1. The summed E-state index contributed by atoms with van der Waals surface area (Å²) in [6.45, 7) is 3.92. The third-order valence-electron chi connectivity index (χ3n) is 5.13. The lowest BCUT2D eigenvalue weighted by atomic mass is 10.2. The molecule has 0 fully saturated rings. The van der Waals surface area contributed by atoms with Crippen molar-refractivity contribution in [3.63, 3.8) is 0 Å². The number of carboxylic acid groups (broad SMARTS) is 1. The molecule has 0 radical (unpaired) electrons. The lowest BCUT2D eigenvalue weighted by Gasteiger charge is -2.21. The maximum atomic E-state index is 14.5. The molecule has 0 atom stereocenters. The summed E-state index contributed by atoms with van der Waals surface area (Å²) in [7, 11) is 1.54. The highest BCUT2D eigenvalue weighted by molar-refractivity contribution is 5.67. The molecule has 11 heteroatoms. The Bertz CT molecular complexity index is 1340. The summed E-state index contributed by atoms with van der Waals surface area (Å²) in [4.78, 5) is 20.6. The van der Waals surface area contributed by atoms with Gasteiger partial charge in [-0.15, -0.1) is 0 Å². The van der Waals surface area contributed by atoms with Crippen LogP contribution in [0.3, 0.4) is 0 Å². The zero-order valence-corrected chi connectivity index (χ0v) is 18.2. The first kappa shape index (κ1) is 22.8. The van der Waals surface area contributed by atoms with E-state index in [1.807, 2.05) is 0 Å². The lowest BCUT2D eigenvalue weighted by molar-refractivity contribution is -0.136. The smallest absolute Gasteiger partial charge is 0.303 e. The topological polar surface area (TPSA) is 110 Å². The van der Waals surface area contributed by atoms with Gasteiger partial charge in [-0.2, -0.15) is 5.10 Å². The normalized spacial score (nSPS) is 10.9. The molecule has 9 nitrogen and oxygen atoms in total. The SMILES string of the molecule is C=C(CCC(=O)O)N(C)c1nc(-c2cc(-c3ccon3)n(Cc3ccccc3F)n2)ncc1F. The van der Waals surface area contributed by atoms with Crippen molar-refractivity contribution in [2.45, 2.75) is 19.4 Å². The third-order valence-corrected chi connectivity index (χ3v) is 5.13. The van der Waals surface area contributed by atoms with Gasteiger partial charge in [-0.1, -0.05) is 29.9 Å². The molecule has 174 valence electrons. The Hall–Kier alpha value is -4.41. The second-order valence-corrected chi connectivity index (χ2v) is 7.43. The Kier molecular flexibility index (Phi) is 6.44. The molecular formula is C23H20F2N6O3. The van der Waals surface area contributed by atoms with Crippen molar-refractivity contribution in [3.8, 4) is 22.9 Å². The van der Waals surface area contributed by atoms with E-state index in [2.05, 4.69) is 26.8 Å². The fraction of sp³-hybridized carbons (Fsp3) is 0.174. The highest BCUT2D eigenvalue weighted by Crippen LogP contribution is 2.27. The first-order valence-corrected chi connectivity index (χ1v) is 10.2. The molecule has 0 aliphatic carbocycles. The van der Waals surface area contributed by atoms with E-state index in [-0.39, 0.29) is 36.8 Å². The molecule has 0 unspecified atom stereocenters. The zero-order valence-electron chi connectivity index (χ0n) is 18.2. The van der Waals surface area contributed by atoms with Crippen molar-refractivity contribution in [1.29, 1.82) is 0 Å².